The van der Waals surface area contributed by atoms with Gasteiger partial charge in [-0.3, -0.25) is 4.31 Å². The molecule has 0 spiro atoms. The van der Waals surface area contributed by atoms with E-state index >= 15 is 0 Å². The summed E-state index contributed by atoms with van der Waals surface area (Å²) in [6, 6.07) is 6.09. The van der Waals surface area contributed by atoms with Gasteiger partial charge >= 0.3 is 0 Å². The highest BCUT2D eigenvalue weighted by molar-refractivity contribution is 7.92. The van der Waals surface area contributed by atoms with Gasteiger partial charge in [0, 0.05) is 19.1 Å². The van der Waals surface area contributed by atoms with Crippen LogP contribution in [0.3, 0.4) is 0 Å². The Labute approximate surface area is 109 Å². The predicted octanol–water partition coefficient (Wildman–Crippen LogP) is 1.43. The molecule has 0 amide bonds. The third-order valence-corrected chi connectivity index (χ3v) is 4.87. The van der Waals surface area contributed by atoms with Crippen molar-refractivity contribution >= 4 is 15.7 Å². The number of hydrogen-bond acceptors (Lipinski definition) is 3. The molecule has 1 aromatic carbocycles. The van der Waals surface area contributed by atoms with Crippen molar-refractivity contribution in [1.29, 1.82) is 0 Å². The SMILES string of the molecule is Cc1cc(C)cc(N2CC(C)NCCS2(=O)=O)c1. The number of nitrogens with zero attached hydrogens (tertiary/aromatic N) is 1. The number of anilines is 1. The van der Waals surface area contributed by atoms with Gasteiger partial charge in [-0.05, 0) is 44.0 Å². The summed E-state index contributed by atoms with van der Waals surface area (Å²) in [6.07, 6.45) is 0. The maximum Gasteiger partial charge on any atom is 0.236 e. The molecule has 2 rings (SSSR count). The van der Waals surface area contributed by atoms with Crippen LogP contribution in [0.25, 0.3) is 0 Å². The molecule has 1 aromatic rings. The van der Waals surface area contributed by atoms with Gasteiger partial charge in [-0.1, -0.05) is 6.07 Å². The molecule has 1 N–H and O–H groups in total. The van der Waals surface area contributed by atoms with Crippen LogP contribution in [0.2, 0.25) is 0 Å². The average Bonchev–Trinajstić information content (AvgIpc) is 2.36. The average molecular weight is 268 g/mol. The molecule has 0 radical (unpaired) electrons. The number of nitrogens with one attached hydrogen (secondary N) is 1. The third kappa shape index (κ3) is 2.84. The zero-order valence-corrected chi connectivity index (χ0v) is 11.9. The second-order valence-corrected chi connectivity index (χ2v) is 7.06. The van der Waals surface area contributed by atoms with E-state index in [0.29, 0.717) is 13.1 Å². The second kappa shape index (κ2) is 4.90. The zero-order valence-electron chi connectivity index (χ0n) is 11.1. The molecular weight excluding hydrogens is 248 g/mol. The van der Waals surface area contributed by atoms with E-state index in [9.17, 15) is 8.42 Å². The van der Waals surface area contributed by atoms with E-state index in [-0.39, 0.29) is 11.8 Å². The first-order valence-electron chi connectivity index (χ1n) is 6.20. The van der Waals surface area contributed by atoms with Gasteiger partial charge in [0.05, 0.1) is 11.4 Å². The summed E-state index contributed by atoms with van der Waals surface area (Å²) in [5.41, 5.74) is 2.96. The molecule has 1 aliphatic heterocycles. The minimum atomic E-state index is -3.21. The fourth-order valence-electron chi connectivity index (χ4n) is 2.33. The van der Waals surface area contributed by atoms with Crippen molar-refractivity contribution in [3.05, 3.63) is 29.3 Å². The Morgan fingerprint density at radius 3 is 2.44 bits per heavy atom. The maximum atomic E-state index is 12.3. The van der Waals surface area contributed by atoms with E-state index in [2.05, 4.69) is 11.4 Å². The van der Waals surface area contributed by atoms with Crippen LogP contribution in [0.4, 0.5) is 5.69 Å². The molecule has 0 saturated carbocycles. The highest BCUT2D eigenvalue weighted by atomic mass is 32.2. The number of aryl methyl sites for hydroxylation is 2. The van der Waals surface area contributed by atoms with E-state index in [1.807, 2.05) is 32.9 Å². The Morgan fingerprint density at radius 2 is 1.83 bits per heavy atom. The number of benzene rings is 1. The first-order chi connectivity index (χ1) is 8.38. The molecule has 100 valence electrons. The monoisotopic (exact) mass is 268 g/mol. The summed E-state index contributed by atoms with van der Waals surface area (Å²) in [5.74, 6) is 0.157. The Hall–Kier alpha value is -1.07. The van der Waals surface area contributed by atoms with Gasteiger partial charge in [0.25, 0.3) is 0 Å². The van der Waals surface area contributed by atoms with E-state index < -0.39 is 10.0 Å². The lowest BCUT2D eigenvalue weighted by atomic mass is 10.1. The van der Waals surface area contributed by atoms with Gasteiger partial charge in [0.2, 0.25) is 10.0 Å². The van der Waals surface area contributed by atoms with Crippen LogP contribution in [0, 0.1) is 13.8 Å². The van der Waals surface area contributed by atoms with E-state index in [0.717, 1.165) is 16.8 Å². The lowest BCUT2D eigenvalue weighted by molar-refractivity contribution is 0.587. The van der Waals surface area contributed by atoms with Crippen molar-refractivity contribution in [2.75, 3.05) is 23.1 Å². The normalized spacial score (nSPS) is 23.7. The fourth-order valence-corrected chi connectivity index (χ4v) is 3.81. The molecule has 4 nitrogen and oxygen atoms in total. The molecule has 1 fully saturated rings. The first-order valence-corrected chi connectivity index (χ1v) is 7.81. The topological polar surface area (TPSA) is 49.4 Å². The summed E-state index contributed by atoms with van der Waals surface area (Å²) in [5, 5.41) is 3.21. The quantitative estimate of drug-likeness (QED) is 0.838. The minimum Gasteiger partial charge on any atom is -0.311 e. The van der Waals surface area contributed by atoms with Gasteiger partial charge in [-0.25, -0.2) is 8.42 Å². The van der Waals surface area contributed by atoms with Crippen molar-refractivity contribution in [3.8, 4) is 0 Å². The lowest BCUT2D eigenvalue weighted by Crippen LogP contribution is -2.37. The van der Waals surface area contributed by atoms with E-state index in [4.69, 9.17) is 0 Å². The summed E-state index contributed by atoms with van der Waals surface area (Å²) < 4.78 is 26.1. The van der Waals surface area contributed by atoms with Crippen LogP contribution in [0.15, 0.2) is 18.2 Å². The highest BCUT2D eigenvalue weighted by Crippen LogP contribution is 2.23. The van der Waals surface area contributed by atoms with Crippen LogP contribution in [0.1, 0.15) is 18.1 Å². The van der Waals surface area contributed by atoms with Crippen molar-refractivity contribution < 1.29 is 8.42 Å². The Morgan fingerprint density at radius 1 is 1.22 bits per heavy atom. The van der Waals surface area contributed by atoms with Gasteiger partial charge in [-0.15, -0.1) is 0 Å². The van der Waals surface area contributed by atoms with Crippen molar-refractivity contribution in [2.45, 2.75) is 26.8 Å². The maximum absolute atomic E-state index is 12.3. The summed E-state index contributed by atoms with van der Waals surface area (Å²) in [7, 11) is -3.21. The first kappa shape index (κ1) is 13.4. The van der Waals surface area contributed by atoms with Crippen LogP contribution in [-0.2, 0) is 10.0 Å². The zero-order chi connectivity index (χ0) is 13.3. The molecule has 0 aromatic heterocycles. The van der Waals surface area contributed by atoms with Gasteiger partial charge in [0.15, 0.2) is 0 Å². The molecule has 1 unspecified atom stereocenters. The molecule has 0 aliphatic carbocycles. The highest BCUT2D eigenvalue weighted by Gasteiger charge is 2.27. The van der Waals surface area contributed by atoms with Gasteiger partial charge in [-0.2, -0.15) is 0 Å². The van der Waals surface area contributed by atoms with Crippen molar-refractivity contribution in [3.63, 3.8) is 0 Å². The minimum absolute atomic E-state index is 0.157. The molecular formula is C13H20N2O2S. The number of sulfonamides is 1. The molecule has 1 aliphatic rings. The summed E-state index contributed by atoms with van der Waals surface area (Å²) >= 11 is 0. The van der Waals surface area contributed by atoms with Gasteiger partial charge < -0.3 is 5.32 Å². The second-order valence-electron chi connectivity index (χ2n) is 5.05. The lowest BCUT2D eigenvalue weighted by Gasteiger charge is -2.24. The molecule has 1 saturated heterocycles. The molecule has 1 atom stereocenters. The molecule has 18 heavy (non-hydrogen) atoms. The van der Waals surface area contributed by atoms with Crippen molar-refractivity contribution in [2.24, 2.45) is 0 Å². The Balaban J connectivity index is 2.44. The number of hydrogen-bond donors (Lipinski definition) is 1. The number of rotatable bonds is 1. The van der Waals surface area contributed by atoms with Crippen LogP contribution in [-0.4, -0.2) is 33.3 Å². The third-order valence-electron chi connectivity index (χ3n) is 3.12. The fraction of sp³-hybridized carbons (Fsp3) is 0.538. The van der Waals surface area contributed by atoms with Crippen LogP contribution < -0.4 is 9.62 Å². The smallest absolute Gasteiger partial charge is 0.236 e. The Bertz CT molecular complexity index is 520. The molecule has 1 heterocycles. The van der Waals surface area contributed by atoms with E-state index in [1.165, 1.54) is 4.31 Å². The van der Waals surface area contributed by atoms with Crippen LogP contribution in [0.5, 0.6) is 0 Å². The summed E-state index contributed by atoms with van der Waals surface area (Å²) in [4.78, 5) is 0. The largest absolute Gasteiger partial charge is 0.311 e. The standard InChI is InChI=1S/C13H20N2O2S/c1-10-6-11(2)8-13(7-10)15-9-12(3)14-4-5-18(15,16)17/h6-8,12,14H,4-5,9H2,1-3H3. The van der Waals surface area contributed by atoms with Gasteiger partial charge in [0.1, 0.15) is 0 Å². The Kier molecular flexibility index (Phi) is 3.64. The van der Waals surface area contributed by atoms with Crippen LogP contribution >= 0.6 is 0 Å². The molecule has 5 heteroatoms. The van der Waals surface area contributed by atoms with Crippen molar-refractivity contribution in [1.82, 2.24) is 5.32 Å². The predicted molar refractivity (Wildman–Crippen MR) is 74.5 cm³/mol. The van der Waals surface area contributed by atoms with E-state index in [1.54, 1.807) is 0 Å². The molecule has 0 bridgehead atoms. The summed E-state index contributed by atoms with van der Waals surface area (Å²) in [6.45, 7) is 7.00.